The number of aryl methyl sites for hydroxylation is 1. The van der Waals surface area contributed by atoms with Crippen molar-refractivity contribution in [1.82, 2.24) is 4.98 Å². The molecule has 0 radical (unpaired) electrons. The second-order valence-corrected chi connectivity index (χ2v) is 4.57. The molecule has 6 heteroatoms. The fourth-order valence-electron chi connectivity index (χ4n) is 2.05. The lowest BCUT2D eigenvalue weighted by atomic mass is 10.1. The maximum Gasteiger partial charge on any atom is 0.311 e. The number of aromatic nitrogens is 1. The van der Waals surface area contributed by atoms with Crippen LogP contribution in [0.3, 0.4) is 0 Å². The zero-order valence-electron chi connectivity index (χ0n) is 12.0. The molecule has 0 spiro atoms. The molecule has 0 fully saturated rings. The van der Waals surface area contributed by atoms with Crippen LogP contribution in [-0.4, -0.2) is 23.6 Å². The van der Waals surface area contributed by atoms with Crippen molar-refractivity contribution >= 4 is 11.5 Å². The summed E-state index contributed by atoms with van der Waals surface area (Å²) >= 11 is 0. The Balaban J connectivity index is 2.07. The van der Waals surface area contributed by atoms with Gasteiger partial charge in [0, 0.05) is 18.3 Å². The molecule has 21 heavy (non-hydrogen) atoms. The number of nitro groups is 1. The van der Waals surface area contributed by atoms with Gasteiger partial charge in [0.05, 0.1) is 12.0 Å². The summed E-state index contributed by atoms with van der Waals surface area (Å²) in [5.41, 5.74) is 1.77. The number of anilines is 1. The lowest BCUT2D eigenvalue weighted by Gasteiger charge is -2.10. The summed E-state index contributed by atoms with van der Waals surface area (Å²) in [6.07, 6.45) is 0.691. The average molecular weight is 287 g/mol. The van der Waals surface area contributed by atoms with E-state index in [1.807, 2.05) is 24.3 Å². The second-order valence-electron chi connectivity index (χ2n) is 4.57. The molecule has 0 atom stereocenters. The summed E-state index contributed by atoms with van der Waals surface area (Å²) in [7, 11) is 1.62. The topological polar surface area (TPSA) is 77.3 Å². The highest BCUT2D eigenvalue weighted by Crippen LogP contribution is 2.22. The first-order chi connectivity index (χ1) is 10.1. The third-order valence-corrected chi connectivity index (χ3v) is 3.09. The Kier molecular flexibility index (Phi) is 4.71. The lowest BCUT2D eigenvalue weighted by Crippen LogP contribution is -2.09. The number of hydrogen-bond acceptors (Lipinski definition) is 5. The maximum atomic E-state index is 11.0. The minimum Gasteiger partial charge on any atom is -0.496 e. The van der Waals surface area contributed by atoms with Gasteiger partial charge in [0.1, 0.15) is 5.75 Å². The van der Waals surface area contributed by atoms with Crippen LogP contribution < -0.4 is 10.1 Å². The summed E-state index contributed by atoms with van der Waals surface area (Å²) in [5, 5.41) is 14.0. The maximum absolute atomic E-state index is 11.0. The van der Waals surface area contributed by atoms with Gasteiger partial charge in [-0.05, 0) is 31.0 Å². The van der Waals surface area contributed by atoms with Crippen molar-refractivity contribution in [2.75, 3.05) is 19.0 Å². The molecule has 0 amide bonds. The van der Waals surface area contributed by atoms with Crippen molar-refractivity contribution in [3.05, 3.63) is 57.8 Å². The fraction of sp³-hybridized carbons (Fsp3) is 0.267. The van der Waals surface area contributed by atoms with E-state index >= 15 is 0 Å². The van der Waals surface area contributed by atoms with Crippen LogP contribution >= 0.6 is 0 Å². The Hall–Kier alpha value is -2.63. The van der Waals surface area contributed by atoms with Crippen LogP contribution in [0.1, 0.15) is 11.3 Å². The SMILES string of the molecule is COc1ccccc1CCNc1nc(C)ccc1[N+](=O)[O-]. The number of rotatable bonds is 6. The Morgan fingerprint density at radius 2 is 2.05 bits per heavy atom. The van der Waals surface area contributed by atoms with E-state index in [0.717, 1.165) is 17.0 Å². The molecule has 0 aliphatic carbocycles. The van der Waals surface area contributed by atoms with Gasteiger partial charge < -0.3 is 10.1 Å². The monoisotopic (exact) mass is 287 g/mol. The molecule has 1 N–H and O–H groups in total. The first-order valence-electron chi connectivity index (χ1n) is 6.59. The molecule has 6 nitrogen and oxygen atoms in total. The van der Waals surface area contributed by atoms with E-state index in [4.69, 9.17) is 4.74 Å². The highest BCUT2D eigenvalue weighted by molar-refractivity contribution is 5.56. The van der Waals surface area contributed by atoms with Gasteiger partial charge in [0.15, 0.2) is 0 Å². The summed E-state index contributed by atoms with van der Waals surface area (Å²) in [4.78, 5) is 14.7. The molecule has 110 valence electrons. The first kappa shape index (κ1) is 14.8. The average Bonchev–Trinajstić information content (AvgIpc) is 2.47. The van der Waals surface area contributed by atoms with Gasteiger partial charge in [-0.1, -0.05) is 18.2 Å². The van der Waals surface area contributed by atoms with Crippen molar-refractivity contribution < 1.29 is 9.66 Å². The Labute approximate surface area is 122 Å². The number of para-hydroxylation sites is 1. The van der Waals surface area contributed by atoms with Gasteiger partial charge in [0.2, 0.25) is 5.82 Å². The second kappa shape index (κ2) is 6.69. The summed E-state index contributed by atoms with van der Waals surface area (Å²) in [6.45, 7) is 2.34. The first-order valence-corrected chi connectivity index (χ1v) is 6.59. The number of nitrogens with zero attached hydrogens (tertiary/aromatic N) is 2. The van der Waals surface area contributed by atoms with Crippen LogP contribution in [-0.2, 0) is 6.42 Å². The van der Waals surface area contributed by atoms with Gasteiger partial charge in [-0.3, -0.25) is 10.1 Å². The number of ether oxygens (including phenoxy) is 1. The summed E-state index contributed by atoms with van der Waals surface area (Å²) in [6, 6.07) is 10.8. The van der Waals surface area contributed by atoms with Crippen molar-refractivity contribution in [2.45, 2.75) is 13.3 Å². The molecule has 2 aromatic rings. The Morgan fingerprint density at radius 1 is 1.29 bits per heavy atom. The van der Waals surface area contributed by atoms with Crippen molar-refractivity contribution in [3.63, 3.8) is 0 Å². The van der Waals surface area contributed by atoms with Gasteiger partial charge in [-0.25, -0.2) is 4.98 Å². The van der Waals surface area contributed by atoms with E-state index in [1.165, 1.54) is 6.07 Å². The van der Waals surface area contributed by atoms with E-state index in [-0.39, 0.29) is 5.69 Å². The number of nitrogens with one attached hydrogen (secondary N) is 1. The van der Waals surface area contributed by atoms with Crippen LogP contribution in [0.5, 0.6) is 5.75 Å². The fourth-order valence-corrected chi connectivity index (χ4v) is 2.05. The smallest absolute Gasteiger partial charge is 0.311 e. The zero-order valence-corrected chi connectivity index (χ0v) is 12.0. The lowest BCUT2D eigenvalue weighted by molar-refractivity contribution is -0.384. The van der Waals surface area contributed by atoms with Crippen LogP contribution in [0.25, 0.3) is 0 Å². The molecule has 0 saturated heterocycles. The molecule has 1 heterocycles. The van der Waals surface area contributed by atoms with Gasteiger partial charge in [-0.15, -0.1) is 0 Å². The van der Waals surface area contributed by atoms with E-state index in [0.29, 0.717) is 18.8 Å². The summed E-state index contributed by atoms with van der Waals surface area (Å²) < 4.78 is 5.28. The van der Waals surface area contributed by atoms with E-state index < -0.39 is 4.92 Å². The highest BCUT2D eigenvalue weighted by atomic mass is 16.6. The molecule has 0 saturated carbocycles. The van der Waals surface area contributed by atoms with Crippen molar-refractivity contribution in [1.29, 1.82) is 0 Å². The normalized spacial score (nSPS) is 10.2. The van der Waals surface area contributed by atoms with Crippen molar-refractivity contribution in [3.8, 4) is 5.75 Å². The zero-order chi connectivity index (χ0) is 15.2. The largest absolute Gasteiger partial charge is 0.496 e. The van der Waals surface area contributed by atoms with Gasteiger partial charge >= 0.3 is 5.69 Å². The molecule has 0 aliphatic heterocycles. The number of benzene rings is 1. The number of methoxy groups -OCH3 is 1. The van der Waals surface area contributed by atoms with E-state index in [9.17, 15) is 10.1 Å². The standard InChI is InChI=1S/C15H17N3O3/c1-11-7-8-13(18(19)20)15(17-11)16-10-9-12-5-3-4-6-14(12)21-2/h3-8H,9-10H2,1-2H3,(H,16,17). The molecule has 0 unspecified atom stereocenters. The molecule has 2 rings (SSSR count). The summed E-state index contributed by atoms with van der Waals surface area (Å²) in [5.74, 6) is 1.11. The molecular formula is C15H17N3O3. The molecular weight excluding hydrogens is 270 g/mol. The molecule has 1 aromatic heterocycles. The molecule has 0 bridgehead atoms. The van der Waals surface area contributed by atoms with E-state index in [2.05, 4.69) is 10.3 Å². The van der Waals surface area contributed by atoms with Gasteiger partial charge in [-0.2, -0.15) is 0 Å². The van der Waals surface area contributed by atoms with Crippen molar-refractivity contribution in [2.24, 2.45) is 0 Å². The number of pyridine rings is 1. The molecule has 0 aliphatic rings. The highest BCUT2D eigenvalue weighted by Gasteiger charge is 2.14. The minimum atomic E-state index is -0.433. The third kappa shape index (κ3) is 3.68. The van der Waals surface area contributed by atoms with Gasteiger partial charge in [0.25, 0.3) is 0 Å². The predicted molar refractivity (Wildman–Crippen MR) is 80.8 cm³/mol. The van der Waals surface area contributed by atoms with E-state index in [1.54, 1.807) is 20.1 Å². The van der Waals surface area contributed by atoms with Crippen LogP contribution in [0.4, 0.5) is 11.5 Å². The van der Waals surface area contributed by atoms with Crippen LogP contribution in [0.2, 0.25) is 0 Å². The minimum absolute atomic E-state index is 0.0133. The Bertz CT molecular complexity index is 644. The number of hydrogen-bond donors (Lipinski definition) is 1. The quantitative estimate of drug-likeness (QED) is 0.653. The Morgan fingerprint density at radius 3 is 2.76 bits per heavy atom. The van der Waals surface area contributed by atoms with Crippen LogP contribution in [0.15, 0.2) is 36.4 Å². The molecule has 1 aromatic carbocycles. The van der Waals surface area contributed by atoms with Crippen LogP contribution in [0, 0.1) is 17.0 Å². The predicted octanol–water partition coefficient (Wildman–Crippen LogP) is 2.96. The third-order valence-electron chi connectivity index (χ3n) is 3.09.